The van der Waals surface area contributed by atoms with Gasteiger partial charge in [0.1, 0.15) is 11.6 Å². The molecule has 1 aliphatic carbocycles. The Hall–Kier alpha value is -1.96. The van der Waals surface area contributed by atoms with E-state index in [2.05, 4.69) is 20.4 Å². The van der Waals surface area contributed by atoms with Gasteiger partial charge in [-0.2, -0.15) is 8.78 Å². The lowest BCUT2D eigenvalue weighted by Gasteiger charge is -2.30. The molecular formula is C20H30F3N3O2. The Labute approximate surface area is 164 Å². The lowest BCUT2D eigenvalue weighted by molar-refractivity contribution is -0.0506. The molecule has 0 aromatic heterocycles. The van der Waals surface area contributed by atoms with Crippen molar-refractivity contribution in [2.45, 2.75) is 52.2 Å². The number of nitrogens with zero attached hydrogens (tertiary/aromatic N) is 1. The minimum Gasteiger partial charge on any atom is -0.434 e. The van der Waals surface area contributed by atoms with Gasteiger partial charge in [-0.25, -0.2) is 4.39 Å². The first-order chi connectivity index (χ1) is 13.5. The third-order valence-corrected chi connectivity index (χ3v) is 5.22. The number of nitrogens with one attached hydrogen (secondary N) is 2. The van der Waals surface area contributed by atoms with Crippen LogP contribution in [0.1, 0.15) is 44.6 Å². The fourth-order valence-corrected chi connectivity index (χ4v) is 3.65. The molecule has 0 bridgehead atoms. The zero-order chi connectivity index (χ0) is 20.4. The summed E-state index contributed by atoms with van der Waals surface area (Å²) in [7, 11) is 1.62. The normalized spacial score (nSPS) is 16.4. The van der Waals surface area contributed by atoms with Crippen molar-refractivity contribution in [1.82, 2.24) is 10.6 Å². The molecule has 1 aromatic rings. The topological polar surface area (TPSA) is 54.9 Å². The molecule has 2 rings (SSSR count). The maximum Gasteiger partial charge on any atom is 0.387 e. The second-order valence-electron chi connectivity index (χ2n) is 7.03. The van der Waals surface area contributed by atoms with E-state index in [4.69, 9.17) is 4.74 Å². The molecule has 5 nitrogen and oxygen atoms in total. The summed E-state index contributed by atoms with van der Waals surface area (Å²) in [4.78, 5) is 4.16. The number of alkyl halides is 2. The molecule has 1 fully saturated rings. The number of benzene rings is 1. The third kappa shape index (κ3) is 6.58. The average molecular weight is 401 g/mol. The van der Waals surface area contributed by atoms with Crippen molar-refractivity contribution < 1.29 is 22.6 Å². The minimum atomic E-state index is -3.01. The van der Waals surface area contributed by atoms with Crippen LogP contribution in [0, 0.1) is 11.2 Å². The summed E-state index contributed by atoms with van der Waals surface area (Å²) in [5.74, 6) is -0.291. The van der Waals surface area contributed by atoms with Crippen molar-refractivity contribution >= 4 is 5.96 Å². The SMILES string of the molecule is CCOCCC1(CNC(=NC)NCc2c(F)cccc2OC(F)F)CCCC1. The number of guanidine groups is 1. The zero-order valence-corrected chi connectivity index (χ0v) is 16.6. The molecule has 2 N–H and O–H groups in total. The largest absolute Gasteiger partial charge is 0.434 e. The maximum atomic E-state index is 14.1. The van der Waals surface area contributed by atoms with Gasteiger partial charge in [0, 0.05) is 38.9 Å². The molecule has 0 radical (unpaired) electrons. The van der Waals surface area contributed by atoms with Crippen LogP contribution in [0.15, 0.2) is 23.2 Å². The van der Waals surface area contributed by atoms with E-state index in [-0.39, 0.29) is 23.3 Å². The van der Waals surface area contributed by atoms with Crippen molar-refractivity contribution in [2.75, 3.05) is 26.8 Å². The van der Waals surface area contributed by atoms with Crippen molar-refractivity contribution in [3.8, 4) is 5.75 Å². The molecule has 0 spiro atoms. The fourth-order valence-electron chi connectivity index (χ4n) is 3.65. The molecule has 1 saturated carbocycles. The van der Waals surface area contributed by atoms with Gasteiger partial charge in [0.2, 0.25) is 0 Å². The van der Waals surface area contributed by atoms with Gasteiger partial charge in [-0.3, -0.25) is 4.99 Å². The highest BCUT2D eigenvalue weighted by atomic mass is 19.3. The van der Waals surface area contributed by atoms with Gasteiger partial charge in [0.25, 0.3) is 0 Å². The Morgan fingerprint density at radius 2 is 2.00 bits per heavy atom. The molecule has 1 aromatic carbocycles. The monoisotopic (exact) mass is 401 g/mol. The van der Waals surface area contributed by atoms with E-state index in [9.17, 15) is 13.2 Å². The smallest absolute Gasteiger partial charge is 0.387 e. The molecule has 0 aliphatic heterocycles. The third-order valence-electron chi connectivity index (χ3n) is 5.22. The van der Waals surface area contributed by atoms with E-state index in [1.807, 2.05) is 6.92 Å². The van der Waals surface area contributed by atoms with E-state index < -0.39 is 12.4 Å². The van der Waals surface area contributed by atoms with E-state index in [1.165, 1.54) is 31.0 Å². The van der Waals surface area contributed by atoms with E-state index in [0.717, 1.165) is 32.4 Å². The standard InChI is InChI=1S/C20H30F3N3O2/c1-3-27-12-11-20(9-4-5-10-20)14-26-19(24-2)25-13-15-16(21)7-6-8-17(15)28-18(22)23/h6-8,18H,3-5,9-14H2,1-2H3,(H2,24,25,26). The first kappa shape index (κ1) is 22.3. The predicted octanol–water partition coefficient (Wildman–Crippen LogP) is 4.08. The number of hydrogen-bond acceptors (Lipinski definition) is 3. The highest BCUT2D eigenvalue weighted by molar-refractivity contribution is 5.79. The molecule has 0 saturated heterocycles. The number of ether oxygens (including phenoxy) is 2. The summed E-state index contributed by atoms with van der Waals surface area (Å²) in [5, 5.41) is 6.29. The zero-order valence-electron chi connectivity index (χ0n) is 16.6. The van der Waals surface area contributed by atoms with Crippen LogP contribution in [0.5, 0.6) is 5.75 Å². The molecule has 158 valence electrons. The molecule has 0 heterocycles. The van der Waals surface area contributed by atoms with Crippen LogP contribution in [0.25, 0.3) is 0 Å². The van der Waals surface area contributed by atoms with Gasteiger partial charge in [0.15, 0.2) is 5.96 Å². The summed E-state index contributed by atoms with van der Waals surface area (Å²) in [6.07, 6.45) is 5.63. The van der Waals surface area contributed by atoms with Crippen LogP contribution in [0.3, 0.4) is 0 Å². The van der Waals surface area contributed by atoms with Gasteiger partial charge in [-0.15, -0.1) is 0 Å². The van der Waals surface area contributed by atoms with Gasteiger partial charge in [-0.1, -0.05) is 18.9 Å². The van der Waals surface area contributed by atoms with Gasteiger partial charge in [0.05, 0.1) is 0 Å². The fraction of sp³-hybridized carbons (Fsp3) is 0.650. The molecular weight excluding hydrogens is 371 g/mol. The van der Waals surface area contributed by atoms with Crippen molar-refractivity contribution in [3.05, 3.63) is 29.6 Å². The van der Waals surface area contributed by atoms with Gasteiger partial charge < -0.3 is 20.1 Å². The van der Waals surface area contributed by atoms with Crippen LogP contribution >= 0.6 is 0 Å². The maximum absolute atomic E-state index is 14.1. The Morgan fingerprint density at radius 1 is 1.25 bits per heavy atom. The van der Waals surface area contributed by atoms with Crippen LogP contribution in [-0.2, 0) is 11.3 Å². The highest BCUT2D eigenvalue weighted by Crippen LogP contribution is 2.40. The quantitative estimate of drug-likeness (QED) is 0.352. The Bertz CT molecular complexity index is 635. The van der Waals surface area contributed by atoms with Crippen LogP contribution in [-0.4, -0.2) is 39.4 Å². The Morgan fingerprint density at radius 3 is 2.64 bits per heavy atom. The first-order valence-corrected chi connectivity index (χ1v) is 9.74. The first-order valence-electron chi connectivity index (χ1n) is 9.74. The van der Waals surface area contributed by atoms with Crippen LogP contribution in [0.4, 0.5) is 13.2 Å². The lowest BCUT2D eigenvalue weighted by atomic mass is 9.83. The number of halogens is 3. The average Bonchev–Trinajstić information content (AvgIpc) is 3.12. The van der Waals surface area contributed by atoms with E-state index in [0.29, 0.717) is 12.6 Å². The minimum absolute atomic E-state index is 0.0135. The second-order valence-corrected chi connectivity index (χ2v) is 7.03. The Kier molecular flexibility index (Phi) is 8.89. The van der Waals surface area contributed by atoms with E-state index >= 15 is 0 Å². The number of aliphatic imine (C=N–C) groups is 1. The summed E-state index contributed by atoms with van der Waals surface area (Å²) in [5.41, 5.74) is 0.201. The number of rotatable bonds is 10. The summed E-state index contributed by atoms with van der Waals surface area (Å²) in [6.45, 7) is 1.13. The molecule has 1 aliphatic rings. The summed E-state index contributed by atoms with van der Waals surface area (Å²) >= 11 is 0. The lowest BCUT2D eigenvalue weighted by Crippen LogP contribution is -2.43. The van der Waals surface area contributed by atoms with Crippen molar-refractivity contribution in [2.24, 2.45) is 10.4 Å². The molecule has 0 atom stereocenters. The van der Waals surface area contributed by atoms with E-state index in [1.54, 1.807) is 7.05 Å². The molecule has 0 amide bonds. The molecule has 8 heteroatoms. The van der Waals surface area contributed by atoms with Crippen molar-refractivity contribution in [3.63, 3.8) is 0 Å². The molecule has 0 unspecified atom stereocenters. The molecule has 28 heavy (non-hydrogen) atoms. The van der Waals surface area contributed by atoms with Gasteiger partial charge in [-0.05, 0) is 43.7 Å². The Balaban J connectivity index is 1.94. The predicted molar refractivity (Wildman–Crippen MR) is 103 cm³/mol. The summed E-state index contributed by atoms with van der Waals surface area (Å²) < 4.78 is 49.1. The van der Waals surface area contributed by atoms with Crippen LogP contribution < -0.4 is 15.4 Å². The number of hydrogen-bond donors (Lipinski definition) is 2. The van der Waals surface area contributed by atoms with Crippen LogP contribution in [0.2, 0.25) is 0 Å². The van der Waals surface area contributed by atoms with Gasteiger partial charge >= 0.3 is 6.61 Å². The second kappa shape index (κ2) is 11.1. The summed E-state index contributed by atoms with van der Waals surface area (Å²) in [6, 6.07) is 3.88. The van der Waals surface area contributed by atoms with Crippen molar-refractivity contribution in [1.29, 1.82) is 0 Å². The highest BCUT2D eigenvalue weighted by Gasteiger charge is 2.33.